The van der Waals surface area contributed by atoms with E-state index < -0.39 is 0 Å². The van der Waals surface area contributed by atoms with Crippen LogP contribution in [-0.4, -0.2) is 24.1 Å². The monoisotopic (exact) mass is 205 g/mol. The second-order valence-corrected chi connectivity index (χ2v) is 4.11. The van der Waals surface area contributed by atoms with Gasteiger partial charge in [0.2, 0.25) is 0 Å². The van der Waals surface area contributed by atoms with Gasteiger partial charge in [0.05, 0.1) is 0 Å². The number of rotatable bonds is 2. The van der Waals surface area contributed by atoms with E-state index in [-0.39, 0.29) is 0 Å². The largest absolute Gasteiger partial charge is 0.508 e. The smallest absolute Gasteiger partial charge is 0.134 e. The highest BCUT2D eigenvalue weighted by molar-refractivity contribution is 5.80. The summed E-state index contributed by atoms with van der Waals surface area (Å²) in [5.74, 6) is 1.20. The first-order chi connectivity index (χ1) is 7.06. The molecule has 3 heteroatoms. The second kappa shape index (κ2) is 3.59. The minimum atomic E-state index is 0.331. The molecule has 0 saturated carbocycles. The molecule has 0 unspecified atom stereocenters. The molecule has 0 aliphatic rings. The zero-order valence-corrected chi connectivity index (χ0v) is 9.24. The fraction of sp³-hybridized carbons (Fsp3) is 0.333. The molecule has 3 nitrogen and oxygen atoms in total. The van der Waals surface area contributed by atoms with Crippen LogP contribution in [0.5, 0.6) is 5.75 Å². The van der Waals surface area contributed by atoms with Crippen LogP contribution >= 0.6 is 0 Å². The van der Waals surface area contributed by atoms with Crippen molar-refractivity contribution in [2.24, 2.45) is 0 Å². The number of phenols is 1. The molecule has 0 saturated heterocycles. The number of benzene rings is 1. The van der Waals surface area contributed by atoms with Crippen molar-refractivity contribution in [3.63, 3.8) is 0 Å². The minimum absolute atomic E-state index is 0.331. The van der Waals surface area contributed by atoms with Crippen LogP contribution in [0.3, 0.4) is 0 Å². The Morgan fingerprint density at radius 3 is 2.67 bits per heavy atom. The Labute approximate surface area is 88.9 Å². The lowest BCUT2D eigenvalue weighted by molar-refractivity contribution is 0.386. The lowest BCUT2D eigenvalue weighted by Gasteiger charge is -2.10. The Morgan fingerprint density at radius 2 is 2.00 bits per heavy atom. The number of aryl methyl sites for hydroxylation is 1. The first-order valence-corrected chi connectivity index (χ1v) is 4.93. The molecule has 0 fully saturated rings. The van der Waals surface area contributed by atoms with Crippen LogP contribution < -0.4 is 0 Å². The molecule has 0 atom stereocenters. The van der Waals surface area contributed by atoms with Gasteiger partial charge in [0.25, 0.3) is 0 Å². The van der Waals surface area contributed by atoms with Crippen LogP contribution in [0.4, 0.5) is 0 Å². The molecule has 0 bridgehead atoms. The third kappa shape index (κ3) is 1.97. The van der Waals surface area contributed by atoms with Gasteiger partial charge in [0.1, 0.15) is 17.1 Å². The fourth-order valence-corrected chi connectivity index (χ4v) is 1.72. The SMILES string of the molecule is Cc1cc2cc(O)c(CN(C)C)cc2o1. The van der Waals surface area contributed by atoms with E-state index in [1.54, 1.807) is 6.07 Å². The van der Waals surface area contributed by atoms with E-state index in [0.717, 1.165) is 22.3 Å². The van der Waals surface area contributed by atoms with Crippen molar-refractivity contribution in [1.82, 2.24) is 4.90 Å². The summed E-state index contributed by atoms with van der Waals surface area (Å²) >= 11 is 0. The standard InChI is InChI=1S/C12H15NO2/c1-8-4-9-5-11(14)10(7-13(2)3)6-12(9)15-8/h4-6,14H,7H2,1-3H3. The van der Waals surface area contributed by atoms with E-state index in [1.807, 2.05) is 38.1 Å². The summed E-state index contributed by atoms with van der Waals surface area (Å²) in [6, 6.07) is 5.58. The molecular formula is C12H15NO2. The third-order valence-corrected chi connectivity index (χ3v) is 2.33. The molecule has 1 aromatic heterocycles. The number of phenolic OH excluding ortho intramolecular Hbond substituents is 1. The van der Waals surface area contributed by atoms with Gasteiger partial charge in [0, 0.05) is 17.5 Å². The highest BCUT2D eigenvalue weighted by Crippen LogP contribution is 2.27. The van der Waals surface area contributed by atoms with E-state index in [4.69, 9.17) is 4.42 Å². The molecule has 2 rings (SSSR count). The topological polar surface area (TPSA) is 36.6 Å². The van der Waals surface area contributed by atoms with E-state index >= 15 is 0 Å². The second-order valence-electron chi connectivity index (χ2n) is 4.11. The maximum atomic E-state index is 9.80. The summed E-state index contributed by atoms with van der Waals surface area (Å²) < 4.78 is 5.52. The van der Waals surface area contributed by atoms with Crippen LogP contribution in [-0.2, 0) is 6.54 Å². The van der Waals surface area contributed by atoms with Gasteiger partial charge < -0.3 is 14.4 Å². The van der Waals surface area contributed by atoms with Gasteiger partial charge in [-0.15, -0.1) is 0 Å². The highest BCUT2D eigenvalue weighted by Gasteiger charge is 2.08. The zero-order chi connectivity index (χ0) is 11.0. The lowest BCUT2D eigenvalue weighted by atomic mass is 10.1. The molecule has 80 valence electrons. The predicted molar refractivity (Wildman–Crippen MR) is 60.0 cm³/mol. The first kappa shape index (κ1) is 10.1. The summed E-state index contributed by atoms with van der Waals surface area (Å²) in [6.45, 7) is 2.62. The number of furan rings is 1. The van der Waals surface area contributed by atoms with Crippen molar-refractivity contribution in [1.29, 1.82) is 0 Å². The van der Waals surface area contributed by atoms with Gasteiger partial charge in [-0.2, -0.15) is 0 Å². The minimum Gasteiger partial charge on any atom is -0.508 e. The van der Waals surface area contributed by atoms with Crippen LogP contribution in [0.2, 0.25) is 0 Å². The van der Waals surface area contributed by atoms with Crippen molar-refractivity contribution < 1.29 is 9.52 Å². The Bertz CT molecular complexity index is 486. The number of nitrogens with zero attached hydrogens (tertiary/aromatic N) is 1. The number of hydrogen-bond acceptors (Lipinski definition) is 3. The molecule has 2 aromatic rings. The summed E-state index contributed by atoms with van der Waals surface area (Å²) in [6.07, 6.45) is 0. The zero-order valence-electron chi connectivity index (χ0n) is 9.24. The van der Waals surface area contributed by atoms with Crippen molar-refractivity contribution >= 4 is 11.0 Å². The summed E-state index contributed by atoms with van der Waals surface area (Å²) in [4.78, 5) is 2.01. The molecule has 0 aliphatic heterocycles. The van der Waals surface area contributed by atoms with Gasteiger partial charge in [0.15, 0.2) is 0 Å². The van der Waals surface area contributed by atoms with Crippen molar-refractivity contribution in [3.05, 3.63) is 29.5 Å². The van der Waals surface area contributed by atoms with Crippen molar-refractivity contribution in [2.75, 3.05) is 14.1 Å². The molecule has 0 amide bonds. The Hall–Kier alpha value is -1.48. The van der Waals surface area contributed by atoms with Crippen molar-refractivity contribution in [3.8, 4) is 5.75 Å². The molecule has 1 heterocycles. The molecule has 1 N–H and O–H groups in total. The van der Waals surface area contributed by atoms with Crippen LogP contribution in [0.25, 0.3) is 11.0 Å². The van der Waals surface area contributed by atoms with Crippen molar-refractivity contribution in [2.45, 2.75) is 13.5 Å². The highest BCUT2D eigenvalue weighted by atomic mass is 16.3. The number of fused-ring (bicyclic) bond motifs is 1. The maximum Gasteiger partial charge on any atom is 0.134 e. The molecular weight excluding hydrogens is 190 g/mol. The van der Waals surface area contributed by atoms with Gasteiger partial charge in [-0.3, -0.25) is 0 Å². The van der Waals surface area contributed by atoms with Gasteiger partial charge in [-0.1, -0.05) is 0 Å². The maximum absolute atomic E-state index is 9.80. The molecule has 0 aliphatic carbocycles. The van der Waals surface area contributed by atoms with E-state index in [1.165, 1.54) is 0 Å². The average Bonchev–Trinajstić information content (AvgIpc) is 2.44. The first-order valence-electron chi connectivity index (χ1n) is 4.93. The Morgan fingerprint density at radius 1 is 1.27 bits per heavy atom. The molecule has 0 radical (unpaired) electrons. The van der Waals surface area contributed by atoms with Gasteiger partial charge in [-0.25, -0.2) is 0 Å². The summed E-state index contributed by atoms with van der Waals surface area (Å²) in [5, 5.41) is 10.7. The van der Waals surface area contributed by atoms with Crippen LogP contribution in [0, 0.1) is 6.92 Å². The molecule has 15 heavy (non-hydrogen) atoms. The lowest BCUT2D eigenvalue weighted by Crippen LogP contribution is -2.10. The number of hydrogen-bond donors (Lipinski definition) is 1. The normalized spacial score (nSPS) is 11.5. The van der Waals surface area contributed by atoms with Gasteiger partial charge >= 0.3 is 0 Å². The average molecular weight is 205 g/mol. The number of aromatic hydroxyl groups is 1. The van der Waals surface area contributed by atoms with Crippen LogP contribution in [0.15, 0.2) is 22.6 Å². The van der Waals surface area contributed by atoms with E-state index in [2.05, 4.69) is 0 Å². The van der Waals surface area contributed by atoms with E-state index in [0.29, 0.717) is 12.3 Å². The quantitative estimate of drug-likeness (QED) is 0.818. The van der Waals surface area contributed by atoms with E-state index in [9.17, 15) is 5.11 Å². The third-order valence-electron chi connectivity index (χ3n) is 2.33. The summed E-state index contributed by atoms with van der Waals surface area (Å²) in [5.41, 5.74) is 1.73. The Balaban J connectivity index is 2.51. The fourth-order valence-electron chi connectivity index (χ4n) is 1.72. The molecule has 1 aromatic carbocycles. The Kier molecular flexibility index (Phi) is 2.40. The van der Waals surface area contributed by atoms with Crippen LogP contribution in [0.1, 0.15) is 11.3 Å². The summed E-state index contributed by atoms with van der Waals surface area (Å²) in [7, 11) is 3.94. The van der Waals surface area contributed by atoms with Gasteiger partial charge in [-0.05, 0) is 39.2 Å². The molecule has 0 spiro atoms. The predicted octanol–water partition coefficient (Wildman–Crippen LogP) is 2.51.